The second-order valence-corrected chi connectivity index (χ2v) is 4.74. The number of hydrogen-bond donors (Lipinski definition) is 1. The fourth-order valence-electron chi connectivity index (χ4n) is 1.84. The fourth-order valence-corrected chi connectivity index (χ4v) is 1.84. The van der Waals surface area contributed by atoms with Gasteiger partial charge in [-0.1, -0.05) is 13.8 Å². The zero-order chi connectivity index (χ0) is 10.6. The maximum atomic E-state index is 3.46. The first-order valence-electron chi connectivity index (χ1n) is 5.75. The standard InChI is InChI=1S/C11H25N3/c1-10(2)12-5-6-14-8-7-13(4)11(3)9-14/h10-12H,5-9H2,1-4H3. The second-order valence-electron chi connectivity index (χ2n) is 4.74. The molecule has 84 valence electrons. The van der Waals surface area contributed by atoms with Crippen molar-refractivity contribution in [3.05, 3.63) is 0 Å². The molecule has 3 nitrogen and oxygen atoms in total. The molecular formula is C11H25N3. The summed E-state index contributed by atoms with van der Waals surface area (Å²) in [6.45, 7) is 12.7. The van der Waals surface area contributed by atoms with E-state index < -0.39 is 0 Å². The van der Waals surface area contributed by atoms with Gasteiger partial charge in [0.2, 0.25) is 0 Å². The predicted octanol–water partition coefficient (Wildman–Crippen LogP) is 0.620. The molecule has 0 aromatic carbocycles. The van der Waals surface area contributed by atoms with E-state index in [1.165, 1.54) is 26.2 Å². The van der Waals surface area contributed by atoms with Gasteiger partial charge in [-0.15, -0.1) is 0 Å². The Morgan fingerprint density at radius 1 is 1.36 bits per heavy atom. The van der Waals surface area contributed by atoms with Crippen molar-refractivity contribution in [2.24, 2.45) is 0 Å². The van der Waals surface area contributed by atoms with E-state index >= 15 is 0 Å². The van der Waals surface area contributed by atoms with Crippen LogP contribution < -0.4 is 5.32 Å². The lowest BCUT2D eigenvalue weighted by Crippen LogP contribution is -2.51. The highest BCUT2D eigenvalue weighted by Gasteiger charge is 2.19. The van der Waals surface area contributed by atoms with Crippen molar-refractivity contribution < 1.29 is 0 Å². The Kier molecular flexibility index (Phi) is 4.85. The van der Waals surface area contributed by atoms with E-state index in [1.807, 2.05) is 0 Å². The molecule has 0 aromatic heterocycles. The smallest absolute Gasteiger partial charge is 0.0192 e. The van der Waals surface area contributed by atoms with Crippen LogP contribution >= 0.6 is 0 Å². The molecule has 1 saturated heterocycles. The minimum atomic E-state index is 0.611. The summed E-state index contributed by atoms with van der Waals surface area (Å²) < 4.78 is 0. The van der Waals surface area contributed by atoms with E-state index in [2.05, 4.69) is 42.9 Å². The highest BCUT2D eigenvalue weighted by atomic mass is 15.3. The van der Waals surface area contributed by atoms with Crippen molar-refractivity contribution in [3.8, 4) is 0 Å². The summed E-state index contributed by atoms with van der Waals surface area (Å²) in [7, 11) is 2.22. The first kappa shape index (κ1) is 12.0. The molecule has 0 aliphatic carbocycles. The van der Waals surface area contributed by atoms with E-state index in [1.54, 1.807) is 0 Å². The SMILES string of the molecule is CC(C)NCCN1CCN(C)C(C)C1. The summed E-state index contributed by atoms with van der Waals surface area (Å²) in [5, 5.41) is 3.46. The molecule has 1 unspecified atom stereocenters. The first-order chi connectivity index (χ1) is 6.59. The summed E-state index contributed by atoms with van der Waals surface area (Å²) >= 11 is 0. The minimum Gasteiger partial charge on any atom is -0.313 e. The van der Waals surface area contributed by atoms with Crippen LogP contribution in [0.1, 0.15) is 20.8 Å². The number of rotatable bonds is 4. The Hall–Kier alpha value is -0.120. The molecule has 0 aromatic rings. The van der Waals surface area contributed by atoms with Gasteiger partial charge in [-0.2, -0.15) is 0 Å². The summed E-state index contributed by atoms with van der Waals surface area (Å²) in [4.78, 5) is 4.99. The number of piperazine rings is 1. The molecule has 14 heavy (non-hydrogen) atoms. The van der Waals surface area contributed by atoms with Crippen LogP contribution in [-0.2, 0) is 0 Å². The van der Waals surface area contributed by atoms with Gasteiger partial charge in [0.1, 0.15) is 0 Å². The zero-order valence-corrected chi connectivity index (χ0v) is 10.1. The van der Waals surface area contributed by atoms with Crippen molar-refractivity contribution in [2.75, 3.05) is 39.8 Å². The van der Waals surface area contributed by atoms with Crippen molar-refractivity contribution in [3.63, 3.8) is 0 Å². The van der Waals surface area contributed by atoms with Gasteiger partial charge in [-0.05, 0) is 14.0 Å². The lowest BCUT2D eigenvalue weighted by molar-refractivity contribution is 0.105. The quantitative estimate of drug-likeness (QED) is 0.716. The molecule has 1 fully saturated rings. The topological polar surface area (TPSA) is 18.5 Å². The average Bonchev–Trinajstić information content (AvgIpc) is 2.10. The van der Waals surface area contributed by atoms with E-state index in [-0.39, 0.29) is 0 Å². The van der Waals surface area contributed by atoms with E-state index in [0.717, 1.165) is 6.54 Å². The lowest BCUT2D eigenvalue weighted by Gasteiger charge is -2.37. The van der Waals surface area contributed by atoms with Crippen LogP contribution in [0.3, 0.4) is 0 Å². The van der Waals surface area contributed by atoms with E-state index in [0.29, 0.717) is 12.1 Å². The zero-order valence-electron chi connectivity index (χ0n) is 10.1. The normalized spacial score (nSPS) is 25.9. The molecule has 1 aliphatic heterocycles. The maximum absolute atomic E-state index is 3.46. The number of nitrogens with one attached hydrogen (secondary N) is 1. The van der Waals surface area contributed by atoms with E-state index in [9.17, 15) is 0 Å². The molecular weight excluding hydrogens is 174 g/mol. The maximum Gasteiger partial charge on any atom is 0.0192 e. The predicted molar refractivity (Wildman–Crippen MR) is 61.7 cm³/mol. The fraction of sp³-hybridized carbons (Fsp3) is 1.00. The molecule has 0 spiro atoms. The van der Waals surface area contributed by atoms with Gasteiger partial charge in [0, 0.05) is 44.8 Å². The van der Waals surface area contributed by atoms with Gasteiger partial charge < -0.3 is 10.2 Å². The van der Waals surface area contributed by atoms with Crippen molar-refractivity contribution in [2.45, 2.75) is 32.9 Å². The van der Waals surface area contributed by atoms with Crippen molar-refractivity contribution in [1.29, 1.82) is 0 Å². The number of hydrogen-bond acceptors (Lipinski definition) is 3. The Balaban J connectivity index is 2.13. The van der Waals surface area contributed by atoms with Crippen LogP contribution in [0.4, 0.5) is 0 Å². The second kappa shape index (κ2) is 5.69. The van der Waals surface area contributed by atoms with Gasteiger partial charge >= 0.3 is 0 Å². The third-order valence-corrected chi connectivity index (χ3v) is 3.02. The molecule has 1 heterocycles. The van der Waals surface area contributed by atoms with Crippen molar-refractivity contribution >= 4 is 0 Å². The summed E-state index contributed by atoms with van der Waals surface area (Å²) in [6, 6.07) is 1.32. The Labute approximate surface area is 88.5 Å². The van der Waals surface area contributed by atoms with Crippen LogP contribution in [0, 0.1) is 0 Å². The third kappa shape index (κ3) is 3.95. The van der Waals surface area contributed by atoms with Crippen LogP contribution in [0.2, 0.25) is 0 Å². The third-order valence-electron chi connectivity index (χ3n) is 3.02. The summed E-state index contributed by atoms with van der Waals surface area (Å²) in [5.74, 6) is 0. The van der Waals surface area contributed by atoms with Gasteiger partial charge in [-0.25, -0.2) is 0 Å². The number of nitrogens with zero attached hydrogens (tertiary/aromatic N) is 2. The largest absolute Gasteiger partial charge is 0.313 e. The summed E-state index contributed by atoms with van der Waals surface area (Å²) in [5.41, 5.74) is 0. The van der Waals surface area contributed by atoms with Crippen LogP contribution in [0.15, 0.2) is 0 Å². The highest BCUT2D eigenvalue weighted by Crippen LogP contribution is 2.05. The Morgan fingerprint density at radius 2 is 2.07 bits per heavy atom. The van der Waals surface area contributed by atoms with E-state index in [4.69, 9.17) is 0 Å². The van der Waals surface area contributed by atoms with Crippen LogP contribution in [0.25, 0.3) is 0 Å². The molecule has 1 N–H and O–H groups in total. The molecule has 1 atom stereocenters. The Morgan fingerprint density at radius 3 is 2.64 bits per heavy atom. The van der Waals surface area contributed by atoms with Gasteiger partial charge in [-0.3, -0.25) is 4.90 Å². The van der Waals surface area contributed by atoms with Crippen molar-refractivity contribution in [1.82, 2.24) is 15.1 Å². The Bertz CT molecular complexity index is 159. The molecule has 1 rings (SSSR count). The number of likely N-dealkylation sites (N-methyl/N-ethyl adjacent to an activating group) is 1. The van der Waals surface area contributed by atoms with Gasteiger partial charge in [0.15, 0.2) is 0 Å². The average molecular weight is 199 g/mol. The molecule has 0 bridgehead atoms. The monoisotopic (exact) mass is 199 g/mol. The van der Waals surface area contributed by atoms with Gasteiger partial charge in [0.05, 0.1) is 0 Å². The summed E-state index contributed by atoms with van der Waals surface area (Å²) in [6.07, 6.45) is 0. The molecule has 0 amide bonds. The highest BCUT2D eigenvalue weighted by molar-refractivity contribution is 4.76. The van der Waals surface area contributed by atoms with Crippen LogP contribution in [0.5, 0.6) is 0 Å². The molecule has 3 heteroatoms. The minimum absolute atomic E-state index is 0.611. The molecule has 0 radical (unpaired) electrons. The lowest BCUT2D eigenvalue weighted by atomic mass is 10.2. The molecule has 0 saturated carbocycles. The van der Waals surface area contributed by atoms with Gasteiger partial charge in [0.25, 0.3) is 0 Å². The first-order valence-corrected chi connectivity index (χ1v) is 5.75. The molecule has 1 aliphatic rings. The van der Waals surface area contributed by atoms with Crippen LogP contribution in [-0.4, -0.2) is 61.7 Å².